The van der Waals surface area contributed by atoms with Crippen molar-refractivity contribution < 1.29 is 14.7 Å². The van der Waals surface area contributed by atoms with E-state index < -0.39 is 5.91 Å². The number of hydrogen-bond donors (Lipinski definition) is 2. The first-order valence-electron chi connectivity index (χ1n) is 8.00. The Morgan fingerprint density at radius 3 is 2.38 bits per heavy atom. The van der Waals surface area contributed by atoms with Crippen LogP contribution in [-0.4, -0.2) is 27.8 Å². The fourth-order valence-electron chi connectivity index (χ4n) is 2.69. The molecule has 26 heavy (non-hydrogen) atoms. The van der Waals surface area contributed by atoms with E-state index in [1.807, 2.05) is 60.1 Å². The molecular weight excluding hydrogens is 330 g/mol. The third-order valence-corrected chi connectivity index (χ3v) is 4.02. The lowest BCUT2D eigenvalue weighted by molar-refractivity contribution is -0.124. The van der Waals surface area contributed by atoms with Gasteiger partial charge in [0.05, 0.1) is 24.8 Å². The number of aromatic nitrogens is 2. The van der Waals surface area contributed by atoms with Crippen molar-refractivity contribution >= 4 is 12.0 Å². The first kappa shape index (κ1) is 17.4. The minimum atomic E-state index is -0.567. The van der Waals surface area contributed by atoms with Gasteiger partial charge in [0, 0.05) is 24.3 Å². The lowest BCUT2D eigenvalue weighted by atomic mass is 10.0. The van der Waals surface area contributed by atoms with Gasteiger partial charge < -0.3 is 9.30 Å². The van der Waals surface area contributed by atoms with Gasteiger partial charge in [-0.25, -0.2) is 10.5 Å². The minimum Gasteiger partial charge on any atom is -0.497 e. The second-order valence-corrected chi connectivity index (χ2v) is 5.71. The van der Waals surface area contributed by atoms with Crippen molar-refractivity contribution in [1.82, 2.24) is 15.0 Å². The van der Waals surface area contributed by atoms with Gasteiger partial charge in [-0.15, -0.1) is 0 Å². The molecule has 0 fully saturated rings. The number of hydroxylamine groups is 1. The van der Waals surface area contributed by atoms with Gasteiger partial charge in [-0.05, 0) is 35.9 Å². The molecule has 6 nitrogen and oxygen atoms in total. The highest BCUT2D eigenvalue weighted by Gasteiger charge is 2.13. The molecule has 1 heterocycles. The third kappa shape index (κ3) is 3.65. The van der Waals surface area contributed by atoms with Crippen LogP contribution in [0.5, 0.6) is 5.75 Å². The van der Waals surface area contributed by atoms with Crippen molar-refractivity contribution in [2.24, 2.45) is 7.05 Å². The molecule has 0 bridgehead atoms. The Bertz CT molecular complexity index is 926. The summed E-state index contributed by atoms with van der Waals surface area (Å²) in [5, 5.41) is 8.52. The van der Waals surface area contributed by atoms with E-state index in [0.717, 1.165) is 33.8 Å². The molecule has 6 heteroatoms. The molecule has 0 saturated heterocycles. The van der Waals surface area contributed by atoms with Gasteiger partial charge in [-0.3, -0.25) is 10.0 Å². The highest BCUT2D eigenvalue weighted by Crippen LogP contribution is 2.31. The second kappa shape index (κ2) is 7.67. The molecule has 0 spiro atoms. The normalized spacial score (nSPS) is 10.9. The van der Waals surface area contributed by atoms with Gasteiger partial charge in [0.15, 0.2) is 0 Å². The highest BCUT2D eigenvalue weighted by atomic mass is 16.5. The number of aryl methyl sites for hydroxylation is 1. The lowest BCUT2D eigenvalue weighted by Gasteiger charge is -2.08. The quantitative estimate of drug-likeness (QED) is 0.421. The van der Waals surface area contributed by atoms with Crippen LogP contribution in [0.3, 0.4) is 0 Å². The van der Waals surface area contributed by atoms with Gasteiger partial charge >= 0.3 is 0 Å². The van der Waals surface area contributed by atoms with Crippen molar-refractivity contribution in [3.8, 4) is 28.3 Å². The van der Waals surface area contributed by atoms with E-state index >= 15 is 0 Å². The number of amides is 1. The maximum Gasteiger partial charge on any atom is 0.267 e. The van der Waals surface area contributed by atoms with E-state index in [0.29, 0.717) is 0 Å². The minimum absolute atomic E-state index is 0.567. The predicted molar refractivity (Wildman–Crippen MR) is 99.6 cm³/mol. The van der Waals surface area contributed by atoms with E-state index in [1.165, 1.54) is 6.08 Å². The number of carbonyl (C=O) groups excluding carboxylic acids is 1. The fourth-order valence-corrected chi connectivity index (χ4v) is 2.69. The summed E-state index contributed by atoms with van der Waals surface area (Å²) in [6, 6.07) is 15.5. The number of hydrogen-bond acceptors (Lipinski definition) is 4. The summed E-state index contributed by atoms with van der Waals surface area (Å²) in [5.41, 5.74) is 6.32. The van der Waals surface area contributed by atoms with Crippen LogP contribution >= 0.6 is 0 Å². The van der Waals surface area contributed by atoms with Gasteiger partial charge in [-0.2, -0.15) is 0 Å². The predicted octanol–water partition coefficient (Wildman–Crippen LogP) is 3.28. The molecule has 1 aromatic heterocycles. The van der Waals surface area contributed by atoms with Crippen LogP contribution in [0.15, 0.2) is 60.9 Å². The first-order valence-corrected chi connectivity index (χ1v) is 8.00. The molecule has 3 aromatic rings. The zero-order valence-electron chi connectivity index (χ0n) is 14.5. The van der Waals surface area contributed by atoms with Crippen LogP contribution < -0.4 is 10.2 Å². The zero-order valence-corrected chi connectivity index (χ0v) is 14.5. The second-order valence-electron chi connectivity index (χ2n) is 5.71. The summed E-state index contributed by atoms with van der Waals surface area (Å²) in [5.74, 6) is 0.233. The van der Waals surface area contributed by atoms with E-state index in [9.17, 15) is 4.79 Å². The number of nitrogens with zero attached hydrogens (tertiary/aromatic N) is 2. The summed E-state index contributed by atoms with van der Waals surface area (Å²) in [7, 11) is 3.59. The Kier molecular flexibility index (Phi) is 5.15. The summed E-state index contributed by atoms with van der Waals surface area (Å²) < 4.78 is 7.19. The van der Waals surface area contributed by atoms with Crippen LogP contribution in [0.25, 0.3) is 28.6 Å². The smallest absolute Gasteiger partial charge is 0.267 e. The molecule has 0 aliphatic carbocycles. The molecule has 2 N–H and O–H groups in total. The Balaban J connectivity index is 1.93. The summed E-state index contributed by atoms with van der Waals surface area (Å²) in [6.07, 6.45) is 4.68. The maximum absolute atomic E-state index is 11.1. The number of rotatable bonds is 5. The molecule has 0 unspecified atom stereocenters. The van der Waals surface area contributed by atoms with E-state index in [2.05, 4.69) is 4.98 Å². The molecule has 132 valence electrons. The molecule has 0 saturated carbocycles. The van der Waals surface area contributed by atoms with Gasteiger partial charge in [-0.1, -0.05) is 24.3 Å². The Morgan fingerprint density at radius 1 is 1.12 bits per heavy atom. The molecule has 0 aliphatic rings. The molecule has 0 radical (unpaired) electrons. The topological polar surface area (TPSA) is 76.4 Å². The Labute approximate surface area is 151 Å². The van der Waals surface area contributed by atoms with Gasteiger partial charge in [0.25, 0.3) is 5.91 Å². The van der Waals surface area contributed by atoms with Crippen molar-refractivity contribution in [1.29, 1.82) is 0 Å². The van der Waals surface area contributed by atoms with Crippen LogP contribution in [-0.2, 0) is 11.8 Å². The molecule has 3 rings (SSSR count). The van der Waals surface area contributed by atoms with Crippen LogP contribution in [0, 0.1) is 0 Å². The van der Waals surface area contributed by atoms with E-state index in [1.54, 1.807) is 25.0 Å². The summed E-state index contributed by atoms with van der Waals surface area (Å²) in [4.78, 5) is 15.6. The fraction of sp³-hybridized carbons (Fsp3) is 0.100. The molecule has 1 amide bonds. The maximum atomic E-state index is 11.1. The average molecular weight is 349 g/mol. The standard InChI is InChI=1S/C20H19N3O3/c1-23-13-21-19(15-8-10-17(26-2)11-9-15)20(23)16-6-3-14(4-7-16)5-12-18(24)22-25/h3-13,25H,1-2H3,(H,22,24)/b12-5+. The highest BCUT2D eigenvalue weighted by molar-refractivity contribution is 5.91. The van der Waals surface area contributed by atoms with Gasteiger partial charge in [0.1, 0.15) is 5.75 Å². The van der Waals surface area contributed by atoms with Crippen LogP contribution in [0.1, 0.15) is 5.56 Å². The third-order valence-electron chi connectivity index (χ3n) is 4.02. The summed E-state index contributed by atoms with van der Waals surface area (Å²) >= 11 is 0. The lowest BCUT2D eigenvalue weighted by Crippen LogP contribution is -2.14. The zero-order chi connectivity index (χ0) is 18.5. The van der Waals surface area contributed by atoms with Crippen molar-refractivity contribution in [3.63, 3.8) is 0 Å². The number of imidazole rings is 1. The van der Waals surface area contributed by atoms with Crippen LogP contribution in [0.4, 0.5) is 0 Å². The van der Waals surface area contributed by atoms with Crippen molar-refractivity contribution in [3.05, 3.63) is 66.5 Å². The van der Waals surface area contributed by atoms with E-state index in [-0.39, 0.29) is 0 Å². The first-order chi connectivity index (χ1) is 12.6. The SMILES string of the molecule is COc1ccc(-c2ncn(C)c2-c2ccc(/C=C/C(=O)NO)cc2)cc1. The van der Waals surface area contributed by atoms with Crippen molar-refractivity contribution in [2.75, 3.05) is 7.11 Å². The summed E-state index contributed by atoms with van der Waals surface area (Å²) in [6.45, 7) is 0. The Hall–Kier alpha value is -3.38. The number of benzene rings is 2. The molecule has 2 aromatic carbocycles. The monoisotopic (exact) mass is 349 g/mol. The van der Waals surface area contributed by atoms with Crippen LogP contribution in [0.2, 0.25) is 0 Å². The number of nitrogens with one attached hydrogen (secondary N) is 1. The number of methoxy groups -OCH3 is 1. The largest absolute Gasteiger partial charge is 0.497 e. The average Bonchev–Trinajstić information content (AvgIpc) is 3.08. The van der Waals surface area contributed by atoms with E-state index in [4.69, 9.17) is 9.94 Å². The number of carbonyl (C=O) groups is 1. The molecule has 0 aliphatic heterocycles. The number of ether oxygens (including phenoxy) is 1. The van der Waals surface area contributed by atoms with Gasteiger partial charge in [0.2, 0.25) is 0 Å². The molecule has 0 atom stereocenters. The molecular formula is C20H19N3O3. The van der Waals surface area contributed by atoms with Crippen molar-refractivity contribution in [2.45, 2.75) is 0 Å². The Morgan fingerprint density at radius 2 is 1.77 bits per heavy atom.